The Hall–Kier alpha value is -2.03. The number of nitrogens with zero attached hydrogens (tertiary/aromatic N) is 3. The van der Waals surface area contributed by atoms with Crippen LogP contribution in [0.25, 0.3) is 22.1 Å². The van der Waals surface area contributed by atoms with Crippen LogP contribution >= 0.6 is 0 Å². The Bertz CT molecular complexity index is 1170. The number of sulfone groups is 1. The minimum atomic E-state index is -3.08. The molecule has 9 heteroatoms. The molecule has 6 nitrogen and oxygen atoms in total. The largest absolute Gasteiger partial charge is 0.346 e. The van der Waals surface area contributed by atoms with Gasteiger partial charge in [0.2, 0.25) is 0 Å². The molecule has 0 aliphatic heterocycles. The van der Waals surface area contributed by atoms with Crippen LogP contribution in [0.3, 0.4) is 0 Å². The van der Waals surface area contributed by atoms with Crippen molar-refractivity contribution in [3.05, 3.63) is 24.3 Å². The molecule has 2 aliphatic carbocycles. The summed E-state index contributed by atoms with van der Waals surface area (Å²) in [6.07, 6.45) is 4.23. The van der Waals surface area contributed by atoms with E-state index in [4.69, 9.17) is 0 Å². The predicted octanol–water partition coefficient (Wildman–Crippen LogP) is 4.40. The maximum atomic E-state index is 14.0. The Kier molecular flexibility index (Phi) is 4.42. The van der Waals surface area contributed by atoms with Crippen molar-refractivity contribution < 1.29 is 17.2 Å². The SMILES string of the molecule is CC[C@@H]1CC(CS(=O)(=O)C2CC2)C[C@@H]1n1c(C(F)F)nc2cnc3[nH]ccc3c21. The lowest BCUT2D eigenvalue weighted by Gasteiger charge is -2.23. The highest BCUT2D eigenvalue weighted by atomic mass is 32.2. The summed E-state index contributed by atoms with van der Waals surface area (Å²) in [6, 6.07) is 1.65. The fourth-order valence-electron chi connectivity index (χ4n) is 5.10. The number of alkyl halides is 2. The van der Waals surface area contributed by atoms with Crippen molar-refractivity contribution in [1.82, 2.24) is 19.5 Å². The number of pyridine rings is 1. The van der Waals surface area contributed by atoms with Gasteiger partial charge in [0.05, 0.1) is 22.7 Å². The van der Waals surface area contributed by atoms with Gasteiger partial charge in [-0.25, -0.2) is 27.2 Å². The van der Waals surface area contributed by atoms with Crippen molar-refractivity contribution in [2.75, 3.05) is 5.75 Å². The van der Waals surface area contributed by atoms with Gasteiger partial charge >= 0.3 is 0 Å². The number of fused-ring (bicyclic) bond motifs is 3. The second-order valence-corrected chi connectivity index (χ2v) is 10.8. The van der Waals surface area contributed by atoms with Crippen LogP contribution in [0.2, 0.25) is 0 Å². The van der Waals surface area contributed by atoms with Gasteiger partial charge in [0.15, 0.2) is 15.7 Å². The van der Waals surface area contributed by atoms with Crippen LogP contribution in [-0.2, 0) is 9.84 Å². The van der Waals surface area contributed by atoms with Gasteiger partial charge in [-0.3, -0.25) is 0 Å². The first-order chi connectivity index (χ1) is 13.9. The number of hydrogen-bond donors (Lipinski definition) is 1. The normalized spacial score (nSPS) is 25.6. The van der Waals surface area contributed by atoms with Crippen molar-refractivity contribution in [2.24, 2.45) is 11.8 Å². The lowest BCUT2D eigenvalue weighted by atomic mass is 9.99. The lowest BCUT2D eigenvalue weighted by molar-refractivity contribution is 0.131. The van der Waals surface area contributed by atoms with Gasteiger partial charge in [-0.1, -0.05) is 13.3 Å². The number of aromatic amines is 1. The maximum Gasteiger partial charge on any atom is 0.295 e. The molecule has 1 unspecified atom stereocenters. The topological polar surface area (TPSA) is 80.6 Å². The molecule has 156 valence electrons. The van der Waals surface area contributed by atoms with E-state index in [0.717, 1.165) is 31.1 Å². The van der Waals surface area contributed by atoms with E-state index in [9.17, 15) is 17.2 Å². The van der Waals surface area contributed by atoms with Crippen molar-refractivity contribution in [3.8, 4) is 0 Å². The Labute approximate surface area is 167 Å². The molecule has 0 saturated heterocycles. The zero-order valence-electron chi connectivity index (χ0n) is 16.2. The third-order valence-electron chi connectivity index (χ3n) is 6.57. The number of hydrogen-bond acceptors (Lipinski definition) is 4. The molecule has 3 heterocycles. The molecule has 0 bridgehead atoms. The minimum Gasteiger partial charge on any atom is -0.346 e. The molecule has 0 radical (unpaired) electrons. The number of nitrogens with one attached hydrogen (secondary N) is 1. The fraction of sp³-hybridized carbons (Fsp3) is 0.600. The summed E-state index contributed by atoms with van der Waals surface area (Å²) in [5, 5.41) is 0.587. The number of halogens is 2. The molecule has 0 aromatic carbocycles. The third-order valence-corrected chi connectivity index (χ3v) is 8.99. The lowest BCUT2D eigenvalue weighted by Crippen LogP contribution is -2.19. The molecule has 1 N–H and O–H groups in total. The van der Waals surface area contributed by atoms with Crippen molar-refractivity contribution in [2.45, 2.75) is 56.7 Å². The number of imidazole rings is 1. The van der Waals surface area contributed by atoms with Gasteiger partial charge < -0.3 is 9.55 Å². The van der Waals surface area contributed by atoms with Crippen LogP contribution in [0.1, 0.15) is 57.3 Å². The number of rotatable bonds is 6. The Morgan fingerprint density at radius 2 is 2.10 bits per heavy atom. The summed E-state index contributed by atoms with van der Waals surface area (Å²) >= 11 is 0. The summed E-state index contributed by atoms with van der Waals surface area (Å²) in [5.74, 6) is 0.0702. The van der Waals surface area contributed by atoms with Crippen LogP contribution in [0.4, 0.5) is 8.78 Å². The summed E-state index contributed by atoms with van der Waals surface area (Å²) < 4.78 is 54.6. The summed E-state index contributed by atoms with van der Waals surface area (Å²) in [7, 11) is -3.08. The highest BCUT2D eigenvalue weighted by molar-refractivity contribution is 7.92. The van der Waals surface area contributed by atoms with Crippen LogP contribution in [0.5, 0.6) is 0 Å². The molecule has 0 amide bonds. The van der Waals surface area contributed by atoms with Crippen molar-refractivity contribution in [3.63, 3.8) is 0 Å². The summed E-state index contributed by atoms with van der Waals surface area (Å²) in [4.78, 5) is 11.5. The molecule has 3 aromatic rings. The van der Waals surface area contributed by atoms with E-state index in [1.807, 2.05) is 13.0 Å². The molecule has 5 rings (SSSR count). The molecule has 3 atom stereocenters. The van der Waals surface area contributed by atoms with E-state index in [1.54, 1.807) is 10.8 Å². The Balaban J connectivity index is 1.59. The van der Waals surface area contributed by atoms with E-state index in [-0.39, 0.29) is 34.7 Å². The van der Waals surface area contributed by atoms with Gasteiger partial charge in [-0.05, 0) is 43.6 Å². The van der Waals surface area contributed by atoms with Gasteiger partial charge in [-0.2, -0.15) is 0 Å². The second-order valence-electron chi connectivity index (χ2n) is 8.47. The molecular weight excluding hydrogens is 398 g/mol. The summed E-state index contributed by atoms with van der Waals surface area (Å²) in [6.45, 7) is 2.05. The fourth-order valence-corrected chi connectivity index (χ4v) is 7.15. The van der Waals surface area contributed by atoms with Crippen molar-refractivity contribution in [1.29, 1.82) is 0 Å². The van der Waals surface area contributed by atoms with Gasteiger partial charge in [-0.15, -0.1) is 0 Å². The quantitative estimate of drug-likeness (QED) is 0.638. The highest BCUT2D eigenvalue weighted by Crippen LogP contribution is 2.46. The Morgan fingerprint density at radius 1 is 1.31 bits per heavy atom. The molecule has 0 spiro atoms. The van der Waals surface area contributed by atoms with E-state index >= 15 is 0 Å². The van der Waals surface area contributed by atoms with Crippen molar-refractivity contribution >= 4 is 31.9 Å². The van der Waals surface area contributed by atoms with Crippen LogP contribution < -0.4 is 0 Å². The monoisotopic (exact) mass is 422 g/mol. The molecule has 3 aromatic heterocycles. The predicted molar refractivity (Wildman–Crippen MR) is 107 cm³/mol. The van der Waals surface area contributed by atoms with E-state index in [1.165, 1.54) is 6.20 Å². The number of H-pyrrole nitrogens is 1. The van der Waals surface area contributed by atoms with E-state index in [0.29, 0.717) is 23.1 Å². The molecule has 2 saturated carbocycles. The number of aromatic nitrogens is 4. The van der Waals surface area contributed by atoms with Gasteiger partial charge in [0, 0.05) is 17.6 Å². The Morgan fingerprint density at radius 3 is 2.79 bits per heavy atom. The maximum absolute atomic E-state index is 14.0. The first kappa shape index (κ1) is 19.0. The van der Waals surface area contributed by atoms with E-state index in [2.05, 4.69) is 15.0 Å². The zero-order chi connectivity index (χ0) is 20.3. The van der Waals surface area contributed by atoms with E-state index < -0.39 is 16.3 Å². The van der Waals surface area contributed by atoms with Crippen LogP contribution in [-0.4, -0.2) is 38.9 Å². The van der Waals surface area contributed by atoms with Crippen LogP contribution in [0.15, 0.2) is 18.5 Å². The molecular formula is C20H24F2N4O2S. The first-order valence-electron chi connectivity index (χ1n) is 10.2. The third kappa shape index (κ3) is 3.14. The van der Waals surface area contributed by atoms with Gasteiger partial charge in [0.1, 0.15) is 11.2 Å². The summed E-state index contributed by atoms with van der Waals surface area (Å²) in [5.41, 5.74) is 1.76. The molecule has 29 heavy (non-hydrogen) atoms. The van der Waals surface area contributed by atoms with Gasteiger partial charge in [0.25, 0.3) is 6.43 Å². The molecule has 2 fully saturated rings. The zero-order valence-corrected chi connectivity index (χ0v) is 17.0. The second kappa shape index (κ2) is 6.75. The standard InChI is InChI=1S/C20H24F2N4O2S/c1-2-12-7-11(10-29(27,28)13-3-4-13)8-16(12)26-17-14-5-6-23-19(14)24-9-15(17)25-20(26)18(21)22/h5-6,9,11-13,16,18H,2-4,7-8,10H2,1H3,(H,23,24)/t11?,12-,16+/m1/s1. The smallest absolute Gasteiger partial charge is 0.295 e. The van der Waals surface area contributed by atoms with Crippen LogP contribution in [0, 0.1) is 11.8 Å². The average molecular weight is 423 g/mol. The minimum absolute atomic E-state index is 0.00192. The highest BCUT2D eigenvalue weighted by Gasteiger charge is 2.43. The molecule has 2 aliphatic rings. The first-order valence-corrected chi connectivity index (χ1v) is 11.9. The average Bonchev–Trinajstić information content (AvgIpc) is 3.14.